The highest BCUT2D eigenvalue weighted by Gasteiger charge is 2.30. The summed E-state index contributed by atoms with van der Waals surface area (Å²) >= 11 is 0. The summed E-state index contributed by atoms with van der Waals surface area (Å²) < 4.78 is 16.7. The Morgan fingerprint density at radius 2 is 1.65 bits per heavy atom. The summed E-state index contributed by atoms with van der Waals surface area (Å²) in [4.78, 5) is 5.05. The maximum absolute atomic E-state index is 5.64. The number of rotatable bonds is 4. The van der Waals surface area contributed by atoms with Crippen molar-refractivity contribution in [1.29, 1.82) is 0 Å². The molecule has 0 N–H and O–H groups in total. The second-order valence-electron chi connectivity index (χ2n) is 6.54. The summed E-state index contributed by atoms with van der Waals surface area (Å²) in [5, 5.41) is 0. The van der Waals surface area contributed by atoms with E-state index in [1.807, 2.05) is 0 Å². The number of likely N-dealkylation sites (tertiary alicyclic amines) is 1. The number of ether oxygens (including phenoxy) is 3. The first-order valence-electron chi connectivity index (χ1n) is 8.41. The molecule has 3 rings (SSSR count). The van der Waals surface area contributed by atoms with Crippen molar-refractivity contribution in [1.82, 2.24) is 9.80 Å². The molecule has 0 atom stereocenters. The van der Waals surface area contributed by atoms with Crippen molar-refractivity contribution >= 4 is 0 Å². The monoisotopic (exact) mass is 320 g/mol. The quantitative estimate of drug-likeness (QED) is 0.849. The van der Waals surface area contributed by atoms with Crippen LogP contribution in [-0.4, -0.2) is 63.9 Å². The van der Waals surface area contributed by atoms with Crippen LogP contribution in [0.4, 0.5) is 0 Å². The lowest BCUT2D eigenvalue weighted by Gasteiger charge is -2.40. The van der Waals surface area contributed by atoms with Crippen LogP contribution in [0.3, 0.4) is 0 Å². The highest BCUT2D eigenvalue weighted by molar-refractivity contribution is 5.59. The number of piperidine rings is 1. The van der Waals surface area contributed by atoms with Gasteiger partial charge in [0.1, 0.15) is 0 Å². The highest BCUT2D eigenvalue weighted by atomic mass is 16.5. The average molecular weight is 320 g/mol. The highest BCUT2D eigenvalue weighted by Crippen LogP contribution is 2.44. The van der Waals surface area contributed by atoms with Crippen molar-refractivity contribution in [3.05, 3.63) is 17.2 Å². The van der Waals surface area contributed by atoms with Crippen LogP contribution in [0.15, 0.2) is 6.07 Å². The smallest absolute Gasteiger partial charge is 0.203 e. The minimum atomic E-state index is 0.693. The molecule has 0 radical (unpaired) electrons. The van der Waals surface area contributed by atoms with E-state index in [9.17, 15) is 0 Å². The summed E-state index contributed by atoms with van der Waals surface area (Å²) in [6.07, 6.45) is 3.53. The Bertz CT molecular complexity index is 554. The van der Waals surface area contributed by atoms with Crippen molar-refractivity contribution in [2.24, 2.45) is 0 Å². The molecule has 2 aliphatic rings. The zero-order valence-electron chi connectivity index (χ0n) is 14.7. The molecule has 1 aromatic rings. The number of fused-ring (bicyclic) bond motifs is 1. The van der Waals surface area contributed by atoms with Crippen LogP contribution in [-0.2, 0) is 13.0 Å². The Labute approximate surface area is 139 Å². The minimum absolute atomic E-state index is 0.693. The van der Waals surface area contributed by atoms with Crippen LogP contribution >= 0.6 is 0 Å². The molecule has 1 aromatic carbocycles. The van der Waals surface area contributed by atoms with Crippen LogP contribution in [0.5, 0.6) is 17.2 Å². The van der Waals surface area contributed by atoms with E-state index < -0.39 is 0 Å². The molecule has 1 saturated heterocycles. The molecule has 0 bridgehead atoms. The summed E-state index contributed by atoms with van der Waals surface area (Å²) in [6, 6.07) is 2.82. The second-order valence-corrected chi connectivity index (χ2v) is 6.54. The Morgan fingerprint density at radius 3 is 2.26 bits per heavy atom. The van der Waals surface area contributed by atoms with Gasteiger partial charge in [-0.3, -0.25) is 4.90 Å². The number of hydrogen-bond acceptors (Lipinski definition) is 5. The Balaban J connectivity index is 1.85. The molecule has 1 fully saturated rings. The Kier molecular flexibility index (Phi) is 4.97. The van der Waals surface area contributed by atoms with E-state index in [1.165, 1.54) is 37.1 Å². The molecule has 0 spiro atoms. The van der Waals surface area contributed by atoms with E-state index in [0.717, 1.165) is 31.0 Å². The zero-order valence-corrected chi connectivity index (χ0v) is 14.7. The van der Waals surface area contributed by atoms with Gasteiger partial charge in [0, 0.05) is 24.7 Å². The summed E-state index contributed by atoms with van der Waals surface area (Å²) in [6.45, 7) is 4.46. The first-order valence-corrected chi connectivity index (χ1v) is 8.41. The maximum atomic E-state index is 5.64. The van der Waals surface area contributed by atoms with Crippen molar-refractivity contribution in [3.63, 3.8) is 0 Å². The van der Waals surface area contributed by atoms with Gasteiger partial charge in [0.15, 0.2) is 11.5 Å². The molecule has 128 valence electrons. The largest absolute Gasteiger partial charge is 0.493 e. The van der Waals surface area contributed by atoms with Crippen molar-refractivity contribution in [2.45, 2.75) is 31.8 Å². The first kappa shape index (κ1) is 16.4. The van der Waals surface area contributed by atoms with E-state index >= 15 is 0 Å². The molecular weight excluding hydrogens is 292 g/mol. The molecule has 0 aliphatic carbocycles. The van der Waals surface area contributed by atoms with Gasteiger partial charge in [-0.15, -0.1) is 0 Å². The topological polar surface area (TPSA) is 34.2 Å². The van der Waals surface area contributed by atoms with E-state index in [2.05, 4.69) is 22.9 Å². The SMILES string of the molecule is COc1cc2c(c(OC)c1OC)CCN(C1CCN(C)CC1)C2. The van der Waals surface area contributed by atoms with E-state index in [-0.39, 0.29) is 0 Å². The van der Waals surface area contributed by atoms with Gasteiger partial charge in [-0.05, 0) is 51.0 Å². The summed E-state index contributed by atoms with van der Waals surface area (Å²) in [5.41, 5.74) is 2.58. The average Bonchev–Trinajstić information content (AvgIpc) is 2.59. The second kappa shape index (κ2) is 6.97. The first-order chi connectivity index (χ1) is 11.2. The molecule has 0 saturated carbocycles. The normalized spacial score (nSPS) is 20.2. The van der Waals surface area contributed by atoms with Crippen molar-refractivity contribution in [2.75, 3.05) is 48.0 Å². The third-order valence-corrected chi connectivity index (χ3v) is 5.25. The fourth-order valence-corrected chi connectivity index (χ4v) is 3.91. The maximum Gasteiger partial charge on any atom is 0.203 e. The molecule has 5 heteroatoms. The molecule has 2 heterocycles. The van der Waals surface area contributed by atoms with Gasteiger partial charge >= 0.3 is 0 Å². The molecule has 2 aliphatic heterocycles. The van der Waals surface area contributed by atoms with Gasteiger partial charge < -0.3 is 19.1 Å². The van der Waals surface area contributed by atoms with Gasteiger partial charge in [-0.1, -0.05) is 0 Å². The minimum Gasteiger partial charge on any atom is -0.493 e. The molecule has 0 unspecified atom stereocenters. The zero-order chi connectivity index (χ0) is 16.4. The summed E-state index contributed by atoms with van der Waals surface area (Å²) in [7, 11) is 7.27. The van der Waals surface area contributed by atoms with Crippen LogP contribution < -0.4 is 14.2 Å². The third kappa shape index (κ3) is 3.12. The number of benzene rings is 1. The number of nitrogens with zero attached hydrogens (tertiary/aromatic N) is 2. The van der Waals surface area contributed by atoms with E-state index in [1.54, 1.807) is 21.3 Å². The lowest BCUT2D eigenvalue weighted by molar-refractivity contribution is 0.109. The standard InChI is InChI=1S/C18H28N2O3/c1-19-8-5-14(6-9-19)20-10-7-15-13(12-20)11-16(21-2)18(23-4)17(15)22-3/h11,14H,5-10,12H2,1-4H3. The molecule has 5 nitrogen and oxygen atoms in total. The van der Waals surface area contributed by atoms with Crippen LogP contribution in [0, 0.1) is 0 Å². The number of methoxy groups -OCH3 is 3. The Morgan fingerprint density at radius 1 is 0.957 bits per heavy atom. The molecule has 23 heavy (non-hydrogen) atoms. The molecular formula is C18H28N2O3. The van der Waals surface area contributed by atoms with E-state index in [4.69, 9.17) is 14.2 Å². The number of hydrogen-bond donors (Lipinski definition) is 0. The van der Waals surface area contributed by atoms with Crippen LogP contribution in [0.1, 0.15) is 24.0 Å². The van der Waals surface area contributed by atoms with Gasteiger partial charge in [0.25, 0.3) is 0 Å². The Hall–Kier alpha value is -1.46. The van der Waals surface area contributed by atoms with Gasteiger partial charge in [-0.2, -0.15) is 0 Å². The van der Waals surface area contributed by atoms with Crippen molar-refractivity contribution in [3.8, 4) is 17.2 Å². The lowest BCUT2D eigenvalue weighted by Crippen LogP contribution is -2.45. The van der Waals surface area contributed by atoms with Gasteiger partial charge in [0.05, 0.1) is 21.3 Å². The van der Waals surface area contributed by atoms with Crippen LogP contribution in [0.2, 0.25) is 0 Å². The predicted octanol–water partition coefficient (Wildman–Crippen LogP) is 2.16. The third-order valence-electron chi connectivity index (χ3n) is 5.25. The lowest BCUT2D eigenvalue weighted by atomic mass is 9.94. The fourth-order valence-electron chi connectivity index (χ4n) is 3.91. The van der Waals surface area contributed by atoms with Crippen molar-refractivity contribution < 1.29 is 14.2 Å². The van der Waals surface area contributed by atoms with Gasteiger partial charge in [-0.25, -0.2) is 0 Å². The van der Waals surface area contributed by atoms with Crippen LogP contribution in [0.25, 0.3) is 0 Å². The molecule has 0 amide bonds. The summed E-state index contributed by atoms with van der Waals surface area (Å²) in [5.74, 6) is 2.31. The predicted molar refractivity (Wildman–Crippen MR) is 90.7 cm³/mol. The van der Waals surface area contributed by atoms with Gasteiger partial charge in [0.2, 0.25) is 5.75 Å². The van der Waals surface area contributed by atoms with E-state index in [0.29, 0.717) is 11.8 Å². The molecule has 0 aromatic heterocycles. The fraction of sp³-hybridized carbons (Fsp3) is 0.667.